The Morgan fingerprint density at radius 3 is 1.83 bits per heavy atom. The van der Waals surface area contributed by atoms with Crippen LogP contribution in [0.1, 0.15) is 22.9 Å². The zero-order valence-electron chi connectivity index (χ0n) is 33.8. The van der Waals surface area contributed by atoms with Gasteiger partial charge in [0.1, 0.15) is 22.8 Å². The van der Waals surface area contributed by atoms with Gasteiger partial charge in [-0.1, -0.05) is 146 Å². The second-order valence-corrected chi connectivity index (χ2v) is 16.0. The molecule has 63 heavy (non-hydrogen) atoms. The van der Waals surface area contributed by atoms with Gasteiger partial charge in [-0.3, -0.25) is 0 Å². The normalized spacial score (nSPS) is 14.1. The highest BCUT2D eigenvalue weighted by molar-refractivity contribution is 6.26. The highest BCUT2D eigenvalue weighted by Gasteiger charge is 2.25. The maximum atomic E-state index is 6.52. The minimum Gasteiger partial charge on any atom is -0.456 e. The molecule has 1 aliphatic heterocycles. The Bertz CT molecular complexity index is 3800. The van der Waals surface area contributed by atoms with Crippen molar-refractivity contribution in [3.05, 3.63) is 229 Å². The summed E-state index contributed by atoms with van der Waals surface area (Å²) < 4.78 is 11.2. The molecular formula is C57H35N5O. The van der Waals surface area contributed by atoms with E-state index in [2.05, 4.69) is 190 Å². The number of fused-ring (bicyclic) bond motifs is 10. The number of para-hydroxylation sites is 4. The standard InChI is InChI=1S/C57H35N5O/c1-4-16-36(17-5-1)46-34-39(35-51-52(46)45-24-12-15-27-50(45)63-51)57-59-55(37-18-6-2-7-19-37)58-56(60-57)38-28-30-41(31-29-38)61-48-26-14-11-23-44(48)53-49(61)33-32-43-42-22-10-13-25-47(42)62(54(43)53)40-20-8-3-9-21-40/h1-28,30,32-35,56H,(H,58,59,60). The van der Waals surface area contributed by atoms with Crippen molar-refractivity contribution in [2.45, 2.75) is 6.17 Å². The van der Waals surface area contributed by atoms with E-state index in [1.165, 1.54) is 32.6 Å². The van der Waals surface area contributed by atoms with Gasteiger partial charge in [0, 0.05) is 54.7 Å². The predicted molar refractivity (Wildman–Crippen MR) is 257 cm³/mol. The van der Waals surface area contributed by atoms with Crippen molar-refractivity contribution >= 4 is 77.2 Å². The van der Waals surface area contributed by atoms with Crippen LogP contribution in [0.25, 0.3) is 88.1 Å². The molecule has 0 spiro atoms. The lowest BCUT2D eigenvalue weighted by molar-refractivity contribution is 0.669. The molecule has 1 unspecified atom stereocenters. The van der Waals surface area contributed by atoms with Gasteiger partial charge < -0.3 is 18.9 Å². The summed E-state index contributed by atoms with van der Waals surface area (Å²) in [6, 6.07) is 77.1. The van der Waals surface area contributed by atoms with Gasteiger partial charge >= 0.3 is 0 Å². The molecule has 3 aromatic heterocycles. The molecule has 4 heterocycles. The molecule has 13 rings (SSSR count). The summed E-state index contributed by atoms with van der Waals surface area (Å²) >= 11 is 0. The quantitative estimate of drug-likeness (QED) is 0.182. The highest BCUT2D eigenvalue weighted by atomic mass is 16.3. The van der Waals surface area contributed by atoms with Crippen LogP contribution < -0.4 is 5.32 Å². The first-order chi connectivity index (χ1) is 31.2. The second kappa shape index (κ2) is 14.0. The average Bonchev–Trinajstić information content (AvgIpc) is 4.02. The zero-order valence-corrected chi connectivity index (χ0v) is 33.8. The van der Waals surface area contributed by atoms with Crippen LogP contribution in [0.15, 0.2) is 215 Å². The average molecular weight is 806 g/mol. The van der Waals surface area contributed by atoms with E-state index in [9.17, 15) is 0 Å². The molecule has 0 radical (unpaired) electrons. The highest BCUT2D eigenvalue weighted by Crippen LogP contribution is 2.42. The van der Waals surface area contributed by atoms with Gasteiger partial charge in [-0.15, -0.1) is 0 Å². The van der Waals surface area contributed by atoms with Gasteiger partial charge in [-0.2, -0.15) is 0 Å². The van der Waals surface area contributed by atoms with Gasteiger partial charge in [0.25, 0.3) is 0 Å². The molecule has 6 nitrogen and oxygen atoms in total. The van der Waals surface area contributed by atoms with Crippen LogP contribution in [0, 0.1) is 12.1 Å². The third-order valence-electron chi connectivity index (χ3n) is 12.4. The summed E-state index contributed by atoms with van der Waals surface area (Å²) in [4.78, 5) is 10.5. The molecule has 1 N–H and O–H groups in total. The van der Waals surface area contributed by atoms with Crippen molar-refractivity contribution in [1.82, 2.24) is 14.5 Å². The van der Waals surface area contributed by atoms with E-state index in [1.54, 1.807) is 0 Å². The first kappa shape index (κ1) is 35.1. The summed E-state index contributed by atoms with van der Waals surface area (Å²) in [5.41, 5.74) is 13.1. The first-order valence-electron chi connectivity index (χ1n) is 21.2. The number of furan rings is 1. The molecule has 0 saturated heterocycles. The van der Waals surface area contributed by atoms with Gasteiger partial charge in [-0.25, -0.2) is 9.98 Å². The van der Waals surface area contributed by atoms with Crippen LogP contribution in [0.4, 0.5) is 0 Å². The summed E-state index contributed by atoms with van der Waals surface area (Å²) in [6.45, 7) is 0. The largest absolute Gasteiger partial charge is 0.456 e. The second-order valence-electron chi connectivity index (χ2n) is 16.0. The van der Waals surface area contributed by atoms with Crippen LogP contribution >= 0.6 is 0 Å². The molecule has 0 saturated carbocycles. The monoisotopic (exact) mass is 805 g/mol. The van der Waals surface area contributed by atoms with Gasteiger partial charge in [0.15, 0.2) is 6.17 Å². The van der Waals surface area contributed by atoms with Crippen LogP contribution in [0.2, 0.25) is 0 Å². The SMILES string of the molecule is c1c(C2N=C(c3ccccc3)NC(c3cc(-c4ccccc4)c4c(c3)oc3ccccc34)=N2)ccc(-n2c3ccccc3c3c2ccc2c4ccccc4n(-c4ccccc4)c23)c#1. The van der Waals surface area contributed by atoms with E-state index >= 15 is 0 Å². The minimum absolute atomic E-state index is 0.576. The van der Waals surface area contributed by atoms with Gasteiger partial charge in [0.2, 0.25) is 0 Å². The number of hydrogen-bond donors (Lipinski definition) is 1. The summed E-state index contributed by atoms with van der Waals surface area (Å²) in [5, 5.41) is 10.6. The van der Waals surface area contributed by atoms with Crippen molar-refractivity contribution in [3.63, 3.8) is 0 Å². The smallest absolute Gasteiger partial charge is 0.177 e. The number of amidine groups is 2. The molecule has 0 fully saturated rings. The Hall–Kier alpha value is -8.66. The van der Waals surface area contributed by atoms with Crippen molar-refractivity contribution in [1.29, 1.82) is 0 Å². The van der Waals surface area contributed by atoms with Gasteiger partial charge in [0.05, 0.1) is 27.8 Å². The van der Waals surface area contributed by atoms with Crippen molar-refractivity contribution < 1.29 is 4.42 Å². The van der Waals surface area contributed by atoms with Crippen LogP contribution in [0.5, 0.6) is 0 Å². The van der Waals surface area contributed by atoms with E-state index in [0.717, 1.165) is 78.0 Å². The third-order valence-corrected chi connectivity index (χ3v) is 12.4. The summed E-state index contributed by atoms with van der Waals surface area (Å²) in [7, 11) is 0. The van der Waals surface area contributed by atoms with Crippen molar-refractivity contribution in [2.24, 2.45) is 9.98 Å². The lowest BCUT2D eigenvalue weighted by atomic mass is 9.96. The summed E-state index contributed by atoms with van der Waals surface area (Å²) in [6.07, 6.45) is -0.576. The van der Waals surface area contributed by atoms with Gasteiger partial charge in [-0.05, 0) is 77.9 Å². The molecular weight excluding hydrogens is 771 g/mol. The van der Waals surface area contributed by atoms with E-state index in [1.807, 2.05) is 36.4 Å². The number of aromatic nitrogens is 2. The molecule has 12 aromatic rings. The maximum Gasteiger partial charge on any atom is 0.177 e. The molecule has 294 valence electrons. The third kappa shape index (κ3) is 5.54. The molecule has 0 aliphatic carbocycles. The first-order valence-corrected chi connectivity index (χ1v) is 21.2. The number of rotatable bonds is 6. The van der Waals surface area contributed by atoms with E-state index in [-0.39, 0.29) is 0 Å². The lowest BCUT2D eigenvalue weighted by Crippen LogP contribution is -2.36. The maximum absolute atomic E-state index is 6.52. The molecule has 0 bridgehead atoms. The molecule has 0 amide bonds. The number of aliphatic imine (C=N–C) groups is 2. The fourth-order valence-corrected chi connectivity index (χ4v) is 9.60. The van der Waals surface area contributed by atoms with Crippen molar-refractivity contribution in [2.75, 3.05) is 0 Å². The van der Waals surface area contributed by atoms with Crippen LogP contribution in [-0.4, -0.2) is 20.8 Å². The van der Waals surface area contributed by atoms with Crippen LogP contribution in [-0.2, 0) is 0 Å². The predicted octanol–water partition coefficient (Wildman–Crippen LogP) is 13.5. The Morgan fingerprint density at radius 2 is 1.08 bits per heavy atom. The topological polar surface area (TPSA) is 59.8 Å². The zero-order chi connectivity index (χ0) is 41.4. The Labute approximate surface area is 362 Å². The molecule has 1 atom stereocenters. The Kier molecular flexibility index (Phi) is 7.78. The fourth-order valence-electron chi connectivity index (χ4n) is 9.60. The van der Waals surface area contributed by atoms with E-state index in [0.29, 0.717) is 5.84 Å². The number of hydrogen-bond acceptors (Lipinski definition) is 4. The number of benzene rings is 8. The lowest BCUT2D eigenvalue weighted by Gasteiger charge is -2.22. The molecule has 1 aliphatic rings. The van der Waals surface area contributed by atoms with Crippen molar-refractivity contribution in [3.8, 4) is 22.5 Å². The summed E-state index contributed by atoms with van der Waals surface area (Å²) in [5.74, 6) is 1.43. The Morgan fingerprint density at radius 1 is 0.444 bits per heavy atom. The molecule has 6 heteroatoms. The number of nitrogens with zero attached hydrogens (tertiary/aromatic N) is 4. The minimum atomic E-state index is -0.576. The Balaban J connectivity index is 0.969. The van der Waals surface area contributed by atoms with E-state index < -0.39 is 6.17 Å². The van der Waals surface area contributed by atoms with E-state index in [4.69, 9.17) is 14.4 Å². The van der Waals surface area contributed by atoms with Crippen LogP contribution in [0.3, 0.4) is 0 Å². The fraction of sp³-hybridized carbons (Fsp3) is 0.0175. The molecule has 9 aromatic carbocycles. The number of nitrogens with one attached hydrogen (secondary N) is 1.